The van der Waals surface area contributed by atoms with Gasteiger partial charge in [0.25, 0.3) is 5.91 Å². The van der Waals surface area contributed by atoms with Crippen molar-refractivity contribution in [1.29, 1.82) is 0 Å². The Hall–Kier alpha value is -3.00. The van der Waals surface area contributed by atoms with Crippen LogP contribution in [0.15, 0.2) is 51.8 Å². The number of hydrogen-bond donors (Lipinski definition) is 1. The smallest absolute Gasteiger partial charge is 0.287 e. The normalized spacial score (nSPS) is 11.0. The first kappa shape index (κ1) is 13.6. The molecular formula is C15H11N5O2S. The van der Waals surface area contributed by atoms with Crippen LogP contribution in [0, 0.1) is 0 Å². The summed E-state index contributed by atoms with van der Waals surface area (Å²) < 4.78 is 6.69. The number of carbonyl (C=O) groups excluding carboxylic acids is 1. The van der Waals surface area contributed by atoms with E-state index in [0.29, 0.717) is 11.5 Å². The molecule has 0 aromatic carbocycles. The summed E-state index contributed by atoms with van der Waals surface area (Å²) in [4.78, 5) is 11.9. The summed E-state index contributed by atoms with van der Waals surface area (Å²) >= 11 is 1.61. The van der Waals surface area contributed by atoms with E-state index in [1.54, 1.807) is 28.0 Å². The summed E-state index contributed by atoms with van der Waals surface area (Å²) in [5, 5.41) is 19.4. The van der Waals surface area contributed by atoms with Crippen molar-refractivity contribution in [2.75, 3.05) is 0 Å². The van der Waals surface area contributed by atoms with Crippen molar-refractivity contribution in [2.24, 2.45) is 0 Å². The lowest BCUT2D eigenvalue weighted by Crippen LogP contribution is -2.23. The summed E-state index contributed by atoms with van der Waals surface area (Å²) in [6.07, 6.45) is 1.45. The van der Waals surface area contributed by atoms with Crippen molar-refractivity contribution >= 4 is 22.9 Å². The van der Waals surface area contributed by atoms with Gasteiger partial charge in [-0.15, -0.1) is 10.2 Å². The Labute approximate surface area is 134 Å². The minimum Gasteiger partial charge on any atom is -0.459 e. The van der Waals surface area contributed by atoms with Gasteiger partial charge in [-0.2, -0.15) is 21.0 Å². The quantitative estimate of drug-likeness (QED) is 0.622. The average Bonchev–Trinajstić information content (AvgIpc) is 3.33. The van der Waals surface area contributed by atoms with Gasteiger partial charge >= 0.3 is 0 Å². The fourth-order valence-electron chi connectivity index (χ4n) is 2.16. The Balaban J connectivity index is 1.60. The Morgan fingerprint density at radius 1 is 1.26 bits per heavy atom. The molecule has 1 N–H and O–H groups in total. The fourth-order valence-corrected chi connectivity index (χ4v) is 2.81. The minimum atomic E-state index is -0.305. The lowest BCUT2D eigenvalue weighted by atomic mass is 10.2. The number of furan rings is 1. The number of carbonyl (C=O) groups is 1. The van der Waals surface area contributed by atoms with Gasteiger partial charge in [-0.1, -0.05) is 0 Å². The zero-order chi connectivity index (χ0) is 15.6. The van der Waals surface area contributed by atoms with Gasteiger partial charge in [-0.3, -0.25) is 4.79 Å². The number of nitrogens with one attached hydrogen (secondary N) is 1. The van der Waals surface area contributed by atoms with Crippen LogP contribution in [0.1, 0.15) is 16.4 Å². The van der Waals surface area contributed by atoms with E-state index in [-0.39, 0.29) is 18.2 Å². The molecule has 0 radical (unpaired) electrons. The Morgan fingerprint density at radius 2 is 2.22 bits per heavy atom. The second kappa shape index (κ2) is 5.65. The molecule has 7 nitrogen and oxygen atoms in total. The van der Waals surface area contributed by atoms with E-state index in [1.165, 1.54) is 6.26 Å². The Kier molecular flexibility index (Phi) is 3.35. The predicted molar refractivity (Wildman–Crippen MR) is 84.0 cm³/mol. The highest BCUT2D eigenvalue weighted by Gasteiger charge is 2.12. The minimum absolute atomic E-state index is 0.209. The molecule has 0 spiro atoms. The van der Waals surface area contributed by atoms with Crippen LogP contribution in [0.2, 0.25) is 0 Å². The lowest BCUT2D eigenvalue weighted by Gasteiger charge is -2.03. The van der Waals surface area contributed by atoms with Gasteiger partial charge in [0.15, 0.2) is 17.2 Å². The van der Waals surface area contributed by atoms with Crippen LogP contribution in [-0.2, 0) is 6.54 Å². The number of nitrogens with zero attached hydrogens (tertiary/aromatic N) is 4. The molecule has 0 atom stereocenters. The predicted octanol–water partition coefficient (Wildman–Crippen LogP) is 2.38. The van der Waals surface area contributed by atoms with Crippen LogP contribution < -0.4 is 5.32 Å². The average molecular weight is 325 g/mol. The Bertz CT molecular complexity index is 944. The molecule has 0 saturated carbocycles. The molecule has 8 heteroatoms. The SMILES string of the molecule is O=C(NCc1nnc2ccc(-c3ccsc3)nn12)c1ccco1. The maximum Gasteiger partial charge on any atom is 0.287 e. The van der Waals surface area contributed by atoms with E-state index in [1.807, 2.05) is 29.0 Å². The summed E-state index contributed by atoms with van der Waals surface area (Å²) in [6, 6.07) is 9.02. The van der Waals surface area contributed by atoms with E-state index < -0.39 is 0 Å². The van der Waals surface area contributed by atoms with Gasteiger partial charge in [-0.05, 0) is 35.7 Å². The lowest BCUT2D eigenvalue weighted by molar-refractivity contribution is 0.0922. The first-order chi connectivity index (χ1) is 11.3. The molecule has 0 aliphatic rings. The molecule has 4 aromatic heterocycles. The maximum atomic E-state index is 11.9. The number of hydrogen-bond acceptors (Lipinski definition) is 6. The molecule has 0 aliphatic heterocycles. The van der Waals surface area contributed by atoms with Gasteiger partial charge in [-0.25, -0.2) is 0 Å². The zero-order valence-corrected chi connectivity index (χ0v) is 12.7. The number of fused-ring (bicyclic) bond motifs is 1. The van der Waals surface area contributed by atoms with Gasteiger partial charge in [0.2, 0.25) is 0 Å². The summed E-state index contributed by atoms with van der Waals surface area (Å²) in [5.74, 6) is 0.503. The molecule has 4 rings (SSSR count). The monoisotopic (exact) mass is 325 g/mol. The van der Waals surface area contributed by atoms with Crippen molar-refractivity contribution in [2.45, 2.75) is 6.54 Å². The summed E-state index contributed by atoms with van der Waals surface area (Å²) in [5.41, 5.74) is 2.50. The highest BCUT2D eigenvalue weighted by molar-refractivity contribution is 7.08. The van der Waals surface area contributed by atoms with Crippen molar-refractivity contribution < 1.29 is 9.21 Å². The first-order valence-electron chi connectivity index (χ1n) is 6.87. The van der Waals surface area contributed by atoms with Crippen LogP contribution in [0.3, 0.4) is 0 Å². The second-order valence-electron chi connectivity index (χ2n) is 4.78. The van der Waals surface area contributed by atoms with Crippen LogP contribution in [0.25, 0.3) is 16.9 Å². The van der Waals surface area contributed by atoms with Crippen LogP contribution >= 0.6 is 11.3 Å². The molecular weight excluding hydrogens is 314 g/mol. The number of rotatable bonds is 4. The molecule has 4 heterocycles. The molecule has 0 unspecified atom stereocenters. The maximum absolute atomic E-state index is 11.9. The molecule has 114 valence electrons. The van der Waals surface area contributed by atoms with E-state index in [9.17, 15) is 4.79 Å². The molecule has 0 bridgehead atoms. The molecule has 0 aliphatic carbocycles. The number of aromatic nitrogens is 4. The van der Waals surface area contributed by atoms with Gasteiger partial charge < -0.3 is 9.73 Å². The van der Waals surface area contributed by atoms with E-state index >= 15 is 0 Å². The molecule has 1 amide bonds. The van der Waals surface area contributed by atoms with Gasteiger partial charge in [0.05, 0.1) is 18.5 Å². The van der Waals surface area contributed by atoms with Crippen LogP contribution in [0.5, 0.6) is 0 Å². The fraction of sp³-hybridized carbons (Fsp3) is 0.0667. The third kappa shape index (κ3) is 2.59. The third-order valence-corrected chi connectivity index (χ3v) is 3.98. The van der Waals surface area contributed by atoms with Crippen LogP contribution in [0.4, 0.5) is 0 Å². The highest BCUT2D eigenvalue weighted by atomic mass is 32.1. The first-order valence-corrected chi connectivity index (χ1v) is 7.81. The highest BCUT2D eigenvalue weighted by Crippen LogP contribution is 2.20. The largest absolute Gasteiger partial charge is 0.459 e. The molecule has 4 aromatic rings. The van der Waals surface area contributed by atoms with Crippen molar-refractivity contribution in [1.82, 2.24) is 25.1 Å². The zero-order valence-electron chi connectivity index (χ0n) is 11.8. The van der Waals surface area contributed by atoms with Crippen LogP contribution in [-0.4, -0.2) is 25.7 Å². The standard InChI is InChI=1S/C15H11N5O2S/c21-15(12-2-1-6-22-12)16-8-14-18-17-13-4-3-11(19-20(13)14)10-5-7-23-9-10/h1-7,9H,8H2,(H,16,21). The topological polar surface area (TPSA) is 85.3 Å². The van der Waals surface area contributed by atoms with Gasteiger partial charge in [0.1, 0.15) is 0 Å². The van der Waals surface area contributed by atoms with Gasteiger partial charge in [0, 0.05) is 10.9 Å². The number of amides is 1. The molecule has 23 heavy (non-hydrogen) atoms. The summed E-state index contributed by atoms with van der Waals surface area (Å²) in [7, 11) is 0. The summed E-state index contributed by atoms with van der Waals surface area (Å²) in [6.45, 7) is 0.209. The molecule has 0 saturated heterocycles. The van der Waals surface area contributed by atoms with Crippen molar-refractivity contribution in [3.63, 3.8) is 0 Å². The Morgan fingerprint density at radius 3 is 3.00 bits per heavy atom. The molecule has 0 fully saturated rings. The van der Waals surface area contributed by atoms with Crippen molar-refractivity contribution in [3.05, 3.63) is 58.9 Å². The van der Waals surface area contributed by atoms with Crippen molar-refractivity contribution in [3.8, 4) is 11.3 Å². The second-order valence-corrected chi connectivity index (χ2v) is 5.56. The third-order valence-electron chi connectivity index (χ3n) is 3.30. The van der Waals surface area contributed by atoms with E-state index in [2.05, 4.69) is 20.6 Å². The van der Waals surface area contributed by atoms with E-state index in [4.69, 9.17) is 4.42 Å². The number of thiophene rings is 1. The van der Waals surface area contributed by atoms with E-state index in [0.717, 1.165) is 11.3 Å².